The highest BCUT2D eigenvalue weighted by molar-refractivity contribution is 6.06. The molecule has 7 heteroatoms. The van der Waals surface area contributed by atoms with Gasteiger partial charge in [0.2, 0.25) is 0 Å². The number of nitrogens with one attached hydrogen (secondary N) is 1. The van der Waals surface area contributed by atoms with Gasteiger partial charge in [0.15, 0.2) is 0 Å². The number of amides is 1. The molecule has 2 heterocycles. The molecule has 0 aliphatic heterocycles. The lowest BCUT2D eigenvalue weighted by Crippen LogP contribution is -2.16. The first-order valence-corrected chi connectivity index (χ1v) is 4.90. The number of anilines is 2. The summed E-state index contributed by atoms with van der Waals surface area (Å²) < 4.78 is 25.5. The Balaban J connectivity index is 2.21. The van der Waals surface area contributed by atoms with Crippen molar-refractivity contribution in [1.29, 1.82) is 0 Å². The predicted molar refractivity (Wildman–Crippen MR) is 60.8 cm³/mol. The van der Waals surface area contributed by atoms with Crippen molar-refractivity contribution in [1.82, 2.24) is 9.97 Å². The first-order chi connectivity index (χ1) is 8.56. The fourth-order valence-corrected chi connectivity index (χ4v) is 1.27. The van der Waals surface area contributed by atoms with E-state index in [1.54, 1.807) is 0 Å². The molecule has 0 aliphatic rings. The van der Waals surface area contributed by atoms with Crippen molar-refractivity contribution in [2.24, 2.45) is 0 Å². The van der Waals surface area contributed by atoms with Gasteiger partial charge < -0.3 is 11.1 Å². The van der Waals surface area contributed by atoms with E-state index in [2.05, 4.69) is 15.3 Å². The number of carbonyl (C=O) groups is 1. The highest BCUT2D eigenvalue weighted by Gasteiger charge is 2.12. The normalized spacial score (nSPS) is 10.1. The Morgan fingerprint density at radius 3 is 2.56 bits per heavy atom. The van der Waals surface area contributed by atoms with Crippen LogP contribution in [0.2, 0.25) is 0 Å². The van der Waals surface area contributed by atoms with Crippen molar-refractivity contribution < 1.29 is 13.6 Å². The van der Waals surface area contributed by atoms with E-state index in [1.165, 1.54) is 6.07 Å². The fraction of sp³-hybridized carbons (Fsp3) is 0. The first-order valence-electron chi connectivity index (χ1n) is 4.90. The minimum atomic E-state index is -0.679. The zero-order valence-electron chi connectivity index (χ0n) is 9.02. The van der Waals surface area contributed by atoms with Gasteiger partial charge in [-0.2, -0.15) is 0 Å². The molecule has 0 saturated carbocycles. The Labute approximate surface area is 101 Å². The third kappa shape index (κ3) is 2.57. The van der Waals surface area contributed by atoms with Crippen LogP contribution in [0.1, 0.15) is 10.4 Å². The Morgan fingerprint density at radius 1 is 1.17 bits per heavy atom. The van der Waals surface area contributed by atoms with Crippen LogP contribution in [0.25, 0.3) is 0 Å². The molecular formula is C11H8F2N4O. The Hall–Kier alpha value is -2.57. The minimum absolute atomic E-state index is 0.101. The van der Waals surface area contributed by atoms with Crippen LogP contribution in [0.4, 0.5) is 20.4 Å². The van der Waals surface area contributed by atoms with Crippen molar-refractivity contribution in [3.8, 4) is 0 Å². The molecule has 18 heavy (non-hydrogen) atoms. The molecule has 0 radical (unpaired) electrons. The van der Waals surface area contributed by atoms with E-state index >= 15 is 0 Å². The summed E-state index contributed by atoms with van der Waals surface area (Å²) in [5.74, 6) is -1.85. The molecule has 0 spiro atoms. The van der Waals surface area contributed by atoms with Crippen LogP contribution in [0.3, 0.4) is 0 Å². The standard InChI is InChI=1S/C11H8F2N4O/c12-6-1-2-9(15-4-6)17-11(18)8-3-7(13)5-16-10(8)14/h1-5H,(H2,14,16)(H,15,17,18). The van der Waals surface area contributed by atoms with Gasteiger partial charge in [-0.1, -0.05) is 0 Å². The van der Waals surface area contributed by atoms with E-state index in [9.17, 15) is 13.6 Å². The van der Waals surface area contributed by atoms with E-state index in [4.69, 9.17) is 5.73 Å². The highest BCUT2D eigenvalue weighted by atomic mass is 19.1. The molecular weight excluding hydrogens is 242 g/mol. The molecule has 3 N–H and O–H groups in total. The second-order valence-corrected chi connectivity index (χ2v) is 3.40. The summed E-state index contributed by atoms with van der Waals surface area (Å²) in [7, 11) is 0. The van der Waals surface area contributed by atoms with Crippen LogP contribution in [-0.4, -0.2) is 15.9 Å². The number of carbonyl (C=O) groups excluding carboxylic acids is 1. The maximum absolute atomic E-state index is 12.9. The van der Waals surface area contributed by atoms with Crippen LogP contribution < -0.4 is 11.1 Å². The third-order valence-electron chi connectivity index (χ3n) is 2.10. The van der Waals surface area contributed by atoms with Crippen molar-refractivity contribution >= 4 is 17.5 Å². The topological polar surface area (TPSA) is 80.9 Å². The fourth-order valence-electron chi connectivity index (χ4n) is 1.27. The van der Waals surface area contributed by atoms with Crippen molar-refractivity contribution in [3.63, 3.8) is 0 Å². The maximum atomic E-state index is 12.9. The van der Waals surface area contributed by atoms with Gasteiger partial charge in [0, 0.05) is 0 Å². The molecule has 0 saturated heterocycles. The summed E-state index contributed by atoms with van der Waals surface area (Å²) >= 11 is 0. The molecule has 2 aromatic rings. The molecule has 2 aromatic heterocycles. The summed E-state index contributed by atoms with van der Waals surface area (Å²) in [6, 6.07) is 3.37. The van der Waals surface area contributed by atoms with Gasteiger partial charge in [0.25, 0.3) is 5.91 Å². The summed E-state index contributed by atoms with van der Waals surface area (Å²) in [5, 5.41) is 2.35. The molecule has 5 nitrogen and oxygen atoms in total. The summed E-state index contributed by atoms with van der Waals surface area (Å²) in [5.41, 5.74) is 5.34. The second-order valence-electron chi connectivity index (χ2n) is 3.40. The number of nitrogens with two attached hydrogens (primary N) is 1. The van der Waals surface area contributed by atoms with E-state index < -0.39 is 17.5 Å². The lowest BCUT2D eigenvalue weighted by Gasteiger charge is -2.06. The van der Waals surface area contributed by atoms with Gasteiger partial charge in [-0.05, 0) is 18.2 Å². The molecule has 0 aromatic carbocycles. The minimum Gasteiger partial charge on any atom is -0.383 e. The molecule has 92 valence electrons. The number of rotatable bonds is 2. The average molecular weight is 250 g/mol. The molecule has 0 atom stereocenters. The number of nitrogen functional groups attached to an aromatic ring is 1. The Bertz CT molecular complexity index is 586. The maximum Gasteiger partial charge on any atom is 0.260 e. The van der Waals surface area contributed by atoms with Crippen LogP contribution in [0.5, 0.6) is 0 Å². The third-order valence-corrected chi connectivity index (χ3v) is 2.10. The van der Waals surface area contributed by atoms with Crippen LogP contribution in [0.15, 0.2) is 30.6 Å². The zero-order chi connectivity index (χ0) is 13.1. The smallest absolute Gasteiger partial charge is 0.260 e. The highest BCUT2D eigenvalue weighted by Crippen LogP contribution is 2.12. The number of hydrogen-bond acceptors (Lipinski definition) is 4. The molecule has 0 fully saturated rings. The van der Waals surface area contributed by atoms with E-state index in [1.807, 2.05) is 0 Å². The van der Waals surface area contributed by atoms with Gasteiger partial charge in [-0.15, -0.1) is 0 Å². The average Bonchev–Trinajstić information content (AvgIpc) is 2.35. The van der Waals surface area contributed by atoms with Gasteiger partial charge in [-0.25, -0.2) is 18.7 Å². The molecule has 1 amide bonds. The predicted octanol–water partition coefficient (Wildman–Crippen LogP) is 1.59. The van der Waals surface area contributed by atoms with Gasteiger partial charge >= 0.3 is 0 Å². The van der Waals surface area contributed by atoms with Crippen LogP contribution >= 0.6 is 0 Å². The molecule has 0 aliphatic carbocycles. The van der Waals surface area contributed by atoms with E-state index in [0.717, 1.165) is 24.5 Å². The van der Waals surface area contributed by atoms with Crippen LogP contribution in [-0.2, 0) is 0 Å². The number of pyridine rings is 2. The Morgan fingerprint density at radius 2 is 1.89 bits per heavy atom. The lowest BCUT2D eigenvalue weighted by atomic mass is 10.2. The van der Waals surface area contributed by atoms with Gasteiger partial charge in [0.05, 0.1) is 18.0 Å². The largest absolute Gasteiger partial charge is 0.383 e. The molecule has 0 bridgehead atoms. The van der Waals surface area contributed by atoms with E-state index in [-0.39, 0.29) is 17.2 Å². The SMILES string of the molecule is Nc1ncc(F)cc1C(=O)Nc1ccc(F)cn1. The second kappa shape index (κ2) is 4.74. The zero-order valence-corrected chi connectivity index (χ0v) is 9.02. The van der Waals surface area contributed by atoms with Gasteiger partial charge in [0.1, 0.15) is 23.3 Å². The van der Waals surface area contributed by atoms with Gasteiger partial charge in [-0.3, -0.25) is 4.79 Å². The number of aromatic nitrogens is 2. The Kier molecular flexibility index (Phi) is 3.13. The van der Waals surface area contributed by atoms with Crippen LogP contribution in [0, 0.1) is 11.6 Å². The number of hydrogen-bond donors (Lipinski definition) is 2. The number of nitrogens with zero attached hydrogens (tertiary/aromatic N) is 2. The summed E-state index contributed by atoms with van der Waals surface area (Å²) in [4.78, 5) is 18.9. The van der Waals surface area contributed by atoms with E-state index in [0.29, 0.717) is 0 Å². The lowest BCUT2D eigenvalue weighted by molar-refractivity contribution is 0.102. The van der Waals surface area contributed by atoms with Crippen molar-refractivity contribution in [2.45, 2.75) is 0 Å². The van der Waals surface area contributed by atoms with Crippen molar-refractivity contribution in [2.75, 3.05) is 11.1 Å². The quantitative estimate of drug-likeness (QED) is 0.848. The first kappa shape index (κ1) is 11.9. The van der Waals surface area contributed by atoms with Crippen molar-refractivity contribution in [3.05, 3.63) is 47.8 Å². The molecule has 2 rings (SSSR count). The number of halogens is 2. The monoisotopic (exact) mass is 250 g/mol. The summed E-state index contributed by atoms with van der Waals surface area (Å²) in [6.07, 6.45) is 1.85. The molecule has 0 unspecified atom stereocenters. The summed E-state index contributed by atoms with van der Waals surface area (Å²) in [6.45, 7) is 0.